The summed E-state index contributed by atoms with van der Waals surface area (Å²) in [7, 11) is 11.5. The number of furan rings is 1. The first-order chi connectivity index (χ1) is 37.2. The third-order valence-electron chi connectivity index (χ3n) is 18.0. The zero-order chi connectivity index (χ0) is 52.8. The number of rotatable bonds is 6. The van der Waals surface area contributed by atoms with Crippen molar-refractivity contribution in [2.45, 2.75) is 45.4 Å². The van der Waals surface area contributed by atoms with Crippen molar-refractivity contribution in [2.24, 2.45) is 0 Å². The van der Waals surface area contributed by atoms with Gasteiger partial charge in [0.1, 0.15) is 50.4 Å². The average molecular weight is 985 g/mol. The van der Waals surface area contributed by atoms with E-state index in [0.29, 0.717) is 0 Å². The predicted octanol–water partition coefficient (Wildman–Crippen LogP) is 7.70. The van der Waals surface area contributed by atoms with Gasteiger partial charge in [-0.2, -0.15) is 0 Å². The second-order valence-electron chi connectivity index (χ2n) is 23.4. The highest BCUT2D eigenvalue weighted by molar-refractivity contribution is 7.00. The molecule has 11 aromatic rings. The molecule has 0 saturated carbocycles. The molecule has 3 heterocycles. The lowest BCUT2D eigenvalue weighted by Crippen LogP contribution is -2.61. The van der Waals surface area contributed by atoms with E-state index < -0.39 is 0 Å². The van der Waals surface area contributed by atoms with Crippen LogP contribution in [0.3, 0.4) is 0 Å². The molecule has 0 saturated heterocycles. The van der Waals surface area contributed by atoms with Crippen molar-refractivity contribution >= 4 is 163 Å². The van der Waals surface area contributed by atoms with E-state index in [-0.39, 0.29) is 17.5 Å². The van der Waals surface area contributed by atoms with E-state index in [4.69, 9.17) is 4.42 Å². The highest BCUT2D eigenvalue weighted by Gasteiger charge is 2.45. The summed E-state index contributed by atoms with van der Waals surface area (Å²) in [4.78, 5) is 7.73. The maximum atomic E-state index is 6.41. The van der Waals surface area contributed by atoms with Crippen molar-refractivity contribution < 1.29 is 4.42 Å². The Hall–Kier alpha value is -8.21. The minimum Gasteiger partial charge on any atom is -0.456 e. The molecule has 0 bridgehead atoms. The van der Waals surface area contributed by atoms with Gasteiger partial charge in [-0.1, -0.05) is 178 Å². The quantitative estimate of drug-likeness (QED) is 0.160. The molecule has 14 rings (SSSR count). The van der Waals surface area contributed by atoms with Crippen molar-refractivity contribution in [3.8, 4) is 22.3 Å². The predicted molar refractivity (Wildman–Crippen MR) is 345 cm³/mol. The lowest BCUT2D eigenvalue weighted by Gasteiger charge is -2.45. The number of fused-ring (bicyclic) bond motifs is 10. The first kappa shape index (κ1) is 47.3. The molecule has 77 heavy (non-hydrogen) atoms. The van der Waals surface area contributed by atoms with Crippen LogP contribution in [-0.4, -0.2) is 45.9 Å². The SMILES string of the molecule is Bc1c(B)c(B)c(N(c2ccc3c(c2)N(c2cccc4c2-c2ccccc2C4(C)C)c2cccc4c2B3c2ccccc2N4c2ccc3oc4ccccc4c3c2)c2ccc(C(C)(C)C)cc2-c2ccccc2)c(B)c1B. The molecule has 0 atom stereocenters. The van der Waals surface area contributed by atoms with Crippen LogP contribution in [0.2, 0.25) is 0 Å². The second-order valence-corrected chi connectivity index (χ2v) is 23.4. The monoisotopic (exact) mass is 986 g/mol. The molecule has 10 aromatic carbocycles. The van der Waals surface area contributed by atoms with Gasteiger partial charge in [-0.15, -0.1) is 5.46 Å². The van der Waals surface area contributed by atoms with Crippen LogP contribution < -0.4 is 58.4 Å². The molecule has 0 radical (unpaired) electrons. The minimum atomic E-state index is -0.188. The molecule has 0 amide bonds. The molecule has 4 nitrogen and oxygen atoms in total. The molecule has 10 heteroatoms. The molecule has 364 valence electrons. The van der Waals surface area contributed by atoms with Crippen molar-refractivity contribution in [1.29, 1.82) is 0 Å². The highest BCUT2D eigenvalue weighted by atomic mass is 16.3. The number of para-hydroxylation sites is 2. The first-order valence-corrected chi connectivity index (χ1v) is 27.4. The summed E-state index contributed by atoms with van der Waals surface area (Å²) >= 11 is 0. The second kappa shape index (κ2) is 17.1. The lowest BCUT2D eigenvalue weighted by molar-refractivity contribution is 0.590. The Morgan fingerprint density at radius 3 is 1.90 bits per heavy atom. The summed E-state index contributed by atoms with van der Waals surface area (Å²) in [6.45, 7) is 11.7. The fourth-order valence-electron chi connectivity index (χ4n) is 13.6. The number of hydrogen-bond donors (Lipinski definition) is 0. The maximum Gasteiger partial charge on any atom is 0.252 e. The van der Waals surface area contributed by atoms with Crippen LogP contribution in [0.15, 0.2) is 199 Å². The summed E-state index contributed by atoms with van der Waals surface area (Å²) in [6.07, 6.45) is 0. The van der Waals surface area contributed by atoms with E-state index in [1.807, 2.05) is 6.07 Å². The van der Waals surface area contributed by atoms with Gasteiger partial charge in [-0.25, -0.2) is 0 Å². The van der Waals surface area contributed by atoms with Crippen LogP contribution in [-0.2, 0) is 10.8 Å². The lowest BCUT2D eigenvalue weighted by atomic mass is 9.33. The number of benzene rings is 10. The third-order valence-corrected chi connectivity index (χ3v) is 18.0. The molecule has 0 N–H and O–H groups in total. The normalized spacial score (nSPS) is 13.8. The molecule has 0 fully saturated rings. The number of hydrogen-bond acceptors (Lipinski definition) is 4. The van der Waals surface area contributed by atoms with Crippen molar-refractivity contribution in [1.82, 2.24) is 0 Å². The summed E-state index contributed by atoms with van der Waals surface area (Å²) in [5, 5.41) is 2.23. The first-order valence-electron chi connectivity index (χ1n) is 27.4. The summed E-state index contributed by atoms with van der Waals surface area (Å²) in [5.74, 6) is 0. The molecule has 0 unspecified atom stereocenters. The summed E-state index contributed by atoms with van der Waals surface area (Å²) < 4.78 is 6.41. The molecule has 1 aliphatic carbocycles. The topological polar surface area (TPSA) is 22.9 Å². The van der Waals surface area contributed by atoms with Crippen LogP contribution in [0.5, 0.6) is 0 Å². The molecule has 0 spiro atoms. The van der Waals surface area contributed by atoms with Gasteiger partial charge in [-0.3, -0.25) is 0 Å². The zero-order valence-electron chi connectivity index (χ0n) is 45.8. The number of nitrogens with zero attached hydrogens (tertiary/aromatic N) is 3. The maximum absolute atomic E-state index is 6.41. The minimum absolute atomic E-state index is 0.0519. The van der Waals surface area contributed by atoms with E-state index in [1.54, 1.807) is 0 Å². The van der Waals surface area contributed by atoms with E-state index in [2.05, 4.69) is 277 Å². The average Bonchev–Trinajstić information content (AvgIpc) is 4.08. The molecular formula is C67H57B6N3O. The summed E-state index contributed by atoms with van der Waals surface area (Å²) in [6, 6.07) is 72.9. The Morgan fingerprint density at radius 2 is 1.10 bits per heavy atom. The standard InChI is InChI=1S/C67H57B6N3O/c1-66(2,3)39-29-33-50(44(35-39)38-17-7-6-8-18-38)75(65-62(71)60(69)59(68)61(70)63(65)72)41-30-32-49-55(37-41)76(52-25-15-22-47-58(52)43-20-9-11-21-46(43)67(47,4)5)54-27-16-26-53-64(54)73(49)48-23-12-13-24-51(48)74(53)40-31-34-57-45(36-40)42-19-10-14-28-56(42)77-57/h6-37H,68-72H2,1-5H3. The number of anilines is 9. The van der Waals surface area contributed by atoms with Crippen molar-refractivity contribution in [3.05, 3.63) is 211 Å². The largest absolute Gasteiger partial charge is 0.456 e. The van der Waals surface area contributed by atoms with Gasteiger partial charge < -0.3 is 19.1 Å². The van der Waals surface area contributed by atoms with Gasteiger partial charge in [0.15, 0.2) is 0 Å². The molecular weight excluding hydrogens is 928 g/mol. The van der Waals surface area contributed by atoms with Crippen LogP contribution in [0, 0.1) is 0 Å². The van der Waals surface area contributed by atoms with Crippen LogP contribution >= 0.6 is 0 Å². The molecule has 3 aliphatic rings. The summed E-state index contributed by atoms with van der Waals surface area (Å²) in [5.41, 5.74) is 31.5. The van der Waals surface area contributed by atoms with E-state index in [0.717, 1.165) is 39.0 Å². The molecule has 2 aliphatic heterocycles. The Labute approximate surface area is 457 Å². The van der Waals surface area contributed by atoms with Gasteiger partial charge in [0.25, 0.3) is 6.71 Å². The Bertz CT molecular complexity index is 4260. The van der Waals surface area contributed by atoms with Gasteiger partial charge in [0.2, 0.25) is 0 Å². The zero-order valence-corrected chi connectivity index (χ0v) is 45.8. The fourth-order valence-corrected chi connectivity index (χ4v) is 13.6. The Balaban J connectivity index is 1.07. The Morgan fingerprint density at radius 1 is 0.481 bits per heavy atom. The fraction of sp³-hybridized carbons (Fsp3) is 0.104. The van der Waals surface area contributed by atoms with Gasteiger partial charge in [0, 0.05) is 67.1 Å². The van der Waals surface area contributed by atoms with Gasteiger partial charge in [-0.05, 0) is 122 Å². The molecule has 1 aromatic heterocycles. The van der Waals surface area contributed by atoms with E-state index >= 15 is 0 Å². The third kappa shape index (κ3) is 6.93. The van der Waals surface area contributed by atoms with Gasteiger partial charge in [0.05, 0.1) is 11.4 Å². The van der Waals surface area contributed by atoms with Crippen molar-refractivity contribution in [3.63, 3.8) is 0 Å². The Kier molecular flexibility index (Phi) is 10.5. The van der Waals surface area contributed by atoms with E-state index in [1.165, 1.54) is 117 Å². The van der Waals surface area contributed by atoms with Crippen LogP contribution in [0.4, 0.5) is 51.2 Å². The highest BCUT2D eigenvalue weighted by Crippen LogP contribution is 2.56. The smallest absolute Gasteiger partial charge is 0.252 e. The van der Waals surface area contributed by atoms with Gasteiger partial charge >= 0.3 is 0 Å². The van der Waals surface area contributed by atoms with Crippen LogP contribution in [0.1, 0.15) is 51.3 Å². The van der Waals surface area contributed by atoms with E-state index in [9.17, 15) is 0 Å². The van der Waals surface area contributed by atoms with Crippen LogP contribution in [0.25, 0.3) is 44.2 Å². The van der Waals surface area contributed by atoms with Crippen molar-refractivity contribution in [2.75, 3.05) is 14.7 Å².